The number of hydrogen-bond donors (Lipinski definition) is 0. The van der Waals surface area contributed by atoms with Crippen molar-refractivity contribution in [2.45, 2.75) is 82.7 Å². The van der Waals surface area contributed by atoms with Crippen molar-refractivity contribution >= 4 is 23.9 Å². The Hall–Kier alpha value is -3.14. The van der Waals surface area contributed by atoms with Gasteiger partial charge in [-0.15, -0.1) is 0 Å². The van der Waals surface area contributed by atoms with Gasteiger partial charge in [-0.2, -0.15) is 0 Å². The van der Waals surface area contributed by atoms with Crippen LogP contribution in [0.2, 0.25) is 0 Å². The fourth-order valence-electron chi connectivity index (χ4n) is 5.22. The van der Waals surface area contributed by atoms with E-state index >= 15 is 0 Å². The molecule has 1 heterocycles. The van der Waals surface area contributed by atoms with Crippen molar-refractivity contribution in [1.29, 1.82) is 0 Å². The Balaban J connectivity index is 2.11. The van der Waals surface area contributed by atoms with Gasteiger partial charge >= 0.3 is 23.9 Å². The van der Waals surface area contributed by atoms with Crippen LogP contribution in [-0.4, -0.2) is 63.0 Å². The number of hydrogen-bond acceptors (Lipinski definition) is 10. The number of benzene rings is 1. The molecule has 0 aromatic heterocycles. The van der Waals surface area contributed by atoms with Crippen LogP contribution >= 0.6 is 0 Å². The molecule has 4 atom stereocenters. The van der Waals surface area contributed by atoms with Crippen LogP contribution in [0.4, 0.5) is 0 Å². The summed E-state index contributed by atoms with van der Waals surface area (Å²) in [5.74, 6) is -1.75. The van der Waals surface area contributed by atoms with E-state index in [1.807, 2.05) is 6.07 Å². The molecular weight excluding hydrogens is 472 g/mol. The quantitative estimate of drug-likeness (QED) is 0.403. The Morgan fingerprint density at radius 2 is 1.47 bits per heavy atom. The van der Waals surface area contributed by atoms with Gasteiger partial charge in [0.2, 0.25) is 0 Å². The average Bonchev–Trinajstić information content (AvgIpc) is 2.84. The zero-order valence-electron chi connectivity index (χ0n) is 21.4. The van der Waals surface area contributed by atoms with E-state index in [4.69, 9.17) is 28.4 Å². The van der Waals surface area contributed by atoms with Gasteiger partial charge in [-0.05, 0) is 30.5 Å². The molecule has 0 radical (unpaired) electrons. The minimum Gasteiger partial charge on any atom is -0.496 e. The van der Waals surface area contributed by atoms with Crippen molar-refractivity contribution in [1.82, 2.24) is 0 Å². The molecule has 0 N–H and O–H groups in total. The van der Waals surface area contributed by atoms with Gasteiger partial charge in [0.15, 0.2) is 18.3 Å². The molecule has 198 valence electrons. The van der Waals surface area contributed by atoms with E-state index in [1.165, 1.54) is 35.0 Å². The summed E-state index contributed by atoms with van der Waals surface area (Å²) in [6.07, 6.45) is -0.121. The third-order valence-corrected chi connectivity index (χ3v) is 6.72. The summed E-state index contributed by atoms with van der Waals surface area (Å²) in [7, 11) is 2.87. The summed E-state index contributed by atoms with van der Waals surface area (Å²) >= 11 is 0. The monoisotopic (exact) mass is 506 g/mol. The van der Waals surface area contributed by atoms with Crippen LogP contribution in [0.3, 0.4) is 0 Å². The summed E-state index contributed by atoms with van der Waals surface area (Å²) in [6, 6.07) is 5.37. The normalized spacial score (nSPS) is 25.2. The molecule has 10 heteroatoms. The van der Waals surface area contributed by atoms with Gasteiger partial charge in [0.1, 0.15) is 11.9 Å². The number of carbonyl (C=O) groups is 4. The van der Waals surface area contributed by atoms with Gasteiger partial charge < -0.3 is 28.4 Å². The van der Waals surface area contributed by atoms with Crippen LogP contribution < -0.4 is 4.74 Å². The summed E-state index contributed by atoms with van der Waals surface area (Å²) < 4.78 is 33.2. The Morgan fingerprint density at radius 3 is 2.03 bits per heavy atom. The number of carbonyl (C=O) groups excluding carboxylic acids is 4. The van der Waals surface area contributed by atoms with Crippen LogP contribution in [0, 0.1) is 0 Å². The lowest BCUT2D eigenvalue weighted by Gasteiger charge is -2.41. The third kappa shape index (κ3) is 5.80. The Kier molecular flexibility index (Phi) is 8.94. The summed E-state index contributed by atoms with van der Waals surface area (Å²) in [5.41, 5.74) is 0.421. The van der Waals surface area contributed by atoms with Gasteiger partial charge in [0, 0.05) is 26.3 Å². The summed E-state index contributed by atoms with van der Waals surface area (Å²) in [4.78, 5) is 48.7. The molecule has 0 spiro atoms. The predicted molar refractivity (Wildman–Crippen MR) is 125 cm³/mol. The number of rotatable bonds is 7. The maximum absolute atomic E-state index is 13.0. The van der Waals surface area contributed by atoms with Crippen molar-refractivity contribution in [3.05, 3.63) is 29.3 Å². The topological polar surface area (TPSA) is 124 Å². The maximum atomic E-state index is 13.0. The van der Waals surface area contributed by atoms with Gasteiger partial charge in [0.05, 0.1) is 26.2 Å². The molecule has 1 aliphatic heterocycles. The molecule has 36 heavy (non-hydrogen) atoms. The van der Waals surface area contributed by atoms with Gasteiger partial charge in [0.25, 0.3) is 0 Å². The zero-order valence-corrected chi connectivity index (χ0v) is 21.4. The fraction of sp³-hybridized carbons (Fsp3) is 0.615. The fourth-order valence-corrected chi connectivity index (χ4v) is 5.22. The molecule has 1 aliphatic carbocycles. The number of ether oxygens (including phenoxy) is 6. The third-order valence-electron chi connectivity index (χ3n) is 6.72. The minimum atomic E-state index is -1.14. The first kappa shape index (κ1) is 27.4. The summed E-state index contributed by atoms with van der Waals surface area (Å²) in [5, 5.41) is 0. The highest BCUT2D eigenvalue weighted by molar-refractivity contribution is 5.83. The van der Waals surface area contributed by atoms with Crippen molar-refractivity contribution in [3.63, 3.8) is 0 Å². The molecule has 0 unspecified atom stereocenters. The number of methoxy groups -OCH3 is 2. The van der Waals surface area contributed by atoms with Crippen LogP contribution in [0.1, 0.15) is 70.1 Å². The predicted octanol–water partition coefficient (Wildman–Crippen LogP) is 2.94. The van der Waals surface area contributed by atoms with E-state index in [2.05, 4.69) is 0 Å². The summed E-state index contributed by atoms with van der Waals surface area (Å²) in [6.45, 7) is 3.54. The Labute approximate surface area is 210 Å². The zero-order chi connectivity index (χ0) is 26.5. The average molecular weight is 507 g/mol. The highest BCUT2D eigenvalue weighted by atomic mass is 16.6. The largest absolute Gasteiger partial charge is 0.496 e. The van der Waals surface area contributed by atoms with E-state index in [9.17, 15) is 19.2 Å². The maximum Gasteiger partial charge on any atom is 0.316 e. The smallest absolute Gasteiger partial charge is 0.316 e. The Bertz CT molecular complexity index is 981. The molecule has 0 amide bonds. The molecule has 1 saturated heterocycles. The van der Waals surface area contributed by atoms with E-state index in [1.54, 1.807) is 12.1 Å². The van der Waals surface area contributed by atoms with Crippen molar-refractivity contribution in [2.24, 2.45) is 0 Å². The van der Waals surface area contributed by atoms with Crippen LogP contribution in [0.5, 0.6) is 5.75 Å². The molecule has 2 aliphatic rings. The molecular formula is C26H34O10. The van der Waals surface area contributed by atoms with Gasteiger partial charge in [-0.3, -0.25) is 19.2 Å². The van der Waals surface area contributed by atoms with E-state index in [-0.39, 0.29) is 12.6 Å². The second-order valence-electron chi connectivity index (χ2n) is 9.14. The molecule has 1 saturated carbocycles. The first-order valence-electron chi connectivity index (χ1n) is 12.0. The van der Waals surface area contributed by atoms with Gasteiger partial charge in [-0.25, -0.2) is 0 Å². The van der Waals surface area contributed by atoms with Crippen LogP contribution in [-0.2, 0) is 48.3 Å². The van der Waals surface area contributed by atoms with E-state index in [0.29, 0.717) is 24.2 Å². The minimum absolute atomic E-state index is 0.116. The van der Waals surface area contributed by atoms with Crippen molar-refractivity contribution < 1.29 is 47.6 Å². The van der Waals surface area contributed by atoms with Crippen molar-refractivity contribution in [3.8, 4) is 5.75 Å². The first-order valence-corrected chi connectivity index (χ1v) is 12.0. The molecule has 1 aromatic carbocycles. The first-order chi connectivity index (χ1) is 17.1. The lowest BCUT2D eigenvalue weighted by molar-refractivity contribution is -0.227. The van der Waals surface area contributed by atoms with Crippen LogP contribution in [0.25, 0.3) is 0 Å². The second kappa shape index (κ2) is 11.7. The lowest BCUT2D eigenvalue weighted by atomic mass is 9.69. The highest BCUT2D eigenvalue weighted by Gasteiger charge is 2.49. The second-order valence-corrected chi connectivity index (χ2v) is 9.14. The van der Waals surface area contributed by atoms with Crippen LogP contribution in [0.15, 0.2) is 18.2 Å². The van der Waals surface area contributed by atoms with E-state index in [0.717, 1.165) is 24.8 Å². The molecule has 3 rings (SSSR count). The molecule has 1 aromatic rings. The standard InChI is InChI=1S/C26H34O10/c1-15(27)34-21-14-33-22(24(36-17(3)29)23(21)35-16(2)28)19-13-18(9-10-20(19)31-4)26(25(30)32-5)11-7-6-8-12-26/h9-10,13,21-24H,6-8,11-12,14H2,1-5H3/t21-,22+,23-,24+/m1/s1. The highest BCUT2D eigenvalue weighted by Crippen LogP contribution is 2.45. The molecule has 0 bridgehead atoms. The van der Waals surface area contributed by atoms with E-state index < -0.39 is 47.7 Å². The SMILES string of the molecule is COC(=O)C1(c2ccc(OC)c([C@@H]3OC[C@@H](OC(C)=O)[C@@H](OC(C)=O)[C@H]3OC(C)=O)c2)CCCCC1. The molecule has 2 fully saturated rings. The lowest BCUT2D eigenvalue weighted by Crippen LogP contribution is -2.54. The number of esters is 4. The van der Waals surface area contributed by atoms with Gasteiger partial charge in [-0.1, -0.05) is 25.3 Å². The Morgan fingerprint density at radius 1 is 0.861 bits per heavy atom. The van der Waals surface area contributed by atoms with Crippen molar-refractivity contribution in [2.75, 3.05) is 20.8 Å². The molecule has 10 nitrogen and oxygen atoms in total.